The second-order valence-corrected chi connectivity index (χ2v) is 11.3. The second kappa shape index (κ2) is 9.84. The van der Waals surface area contributed by atoms with Crippen molar-refractivity contribution in [2.24, 2.45) is 0 Å². The van der Waals surface area contributed by atoms with E-state index in [4.69, 9.17) is 16.5 Å². The van der Waals surface area contributed by atoms with E-state index in [0.29, 0.717) is 6.42 Å². The average molecular weight is 438 g/mol. The van der Waals surface area contributed by atoms with E-state index in [2.05, 4.69) is 29.6 Å². The fraction of sp³-hybridized carbons (Fsp3) is 0.167. The fourth-order valence-electron chi connectivity index (χ4n) is 3.38. The SMILES string of the molecule is COC(=O)C(Cc1ccc(P(=S)(c2ccccc2)c2ccccc2)cc1)NC(C)=O. The molecule has 3 rings (SSSR count). The number of ether oxygens (including phenoxy) is 1. The third-order valence-corrected chi connectivity index (χ3v) is 9.82. The molecule has 0 heterocycles. The van der Waals surface area contributed by atoms with Crippen molar-refractivity contribution in [3.05, 3.63) is 90.5 Å². The maximum atomic E-state index is 12.0. The highest BCUT2D eigenvalue weighted by molar-refractivity contribution is 8.25. The van der Waals surface area contributed by atoms with Gasteiger partial charge in [0.1, 0.15) is 6.04 Å². The molecule has 0 aromatic heterocycles. The summed E-state index contributed by atoms with van der Waals surface area (Å²) in [6.45, 7) is 1.38. The highest BCUT2D eigenvalue weighted by Crippen LogP contribution is 2.42. The van der Waals surface area contributed by atoms with Gasteiger partial charge in [0.25, 0.3) is 0 Å². The monoisotopic (exact) mass is 437 g/mol. The highest BCUT2D eigenvalue weighted by Gasteiger charge is 2.25. The first-order valence-corrected chi connectivity index (χ1v) is 12.4. The number of nitrogens with one attached hydrogen (secondary N) is 1. The first-order valence-electron chi connectivity index (χ1n) is 9.61. The number of esters is 1. The van der Waals surface area contributed by atoms with Crippen molar-refractivity contribution in [1.29, 1.82) is 0 Å². The van der Waals surface area contributed by atoms with Crippen LogP contribution in [0, 0.1) is 0 Å². The molecule has 1 N–H and O–H groups in total. The summed E-state index contributed by atoms with van der Waals surface area (Å²) >= 11 is 6.33. The van der Waals surface area contributed by atoms with Crippen LogP contribution in [0.15, 0.2) is 84.9 Å². The molecule has 0 aliphatic heterocycles. The van der Waals surface area contributed by atoms with Crippen LogP contribution in [0.4, 0.5) is 0 Å². The molecule has 154 valence electrons. The molecule has 0 saturated heterocycles. The van der Waals surface area contributed by atoms with E-state index in [1.165, 1.54) is 14.0 Å². The predicted molar refractivity (Wildman–Crippen MR) is 126 cm³/mol. The van der Waals surface area contributed by atoms with Crippen molar-refractivity contribution in [2.75, 3.05) is 7.11 Å². The predicted octanol–water partition coefficient (Wildman–Crippen LogP) is 2.66. The van der Waals surface area contributed by atoms with Crippen molar-refractivity contribution in [3.63, 3.8) is 0 Å². The summed E-state index contributed by atoms with van der Waals surface area (Å²) < 4.78 is 4.81. The van der Waals surface area contributed by atoms with E-state index >= 15 is 0 Å². The molecule has 3 aromatic carbocycles. The molecular formula is C24H24NO3PS. The van der Waals surface area contributed by atoms with Gasteiger partial charge in [-0.1, -0.05) is 96.7 Å². The van der Waals surface area contributed by atoms with Crippen LogP contribution in [0.1, 0.15) is 12.5 Å². The standard InChI is InChI=1S/C24H24NO3PS/c1-18(26)25-23(24(27)28-2)17-19-13-15-22(16-14-19)29(30,20-9-5-3-6-10-20)21-11-7-4-8-12-21/h3-16,23H,17H2,1-2H3,(H,25,26). The molecule has 0 bridgehead atoms. The molecule has 0 aliphatic carbocycles. The largest absolute Gasteiger partial charge is 0.467 e. The number of rotatable bonds is 7. The lowest BCUT2D eigenvalue weighted by molar-refractivity contribution is -0.144. The summed E-state index contributed by atoms with van der Waals surface area (Å²) in [7, 11) is 1.32. The van der Waals surface area contributed by atoms with Crippen molar-refractivity contribution in [2.45, 2.75) is 19.4 Å². The van der Waals surface area contributed by atoms with E-state index < -0.39 is 18.0 Å². The Hall–Kier alpha value is -2.75. The van der Waals surface area contributed by atoms with Gasteiger partial charge < -0.3 is 10.1 Å². The number of carbonyl (C=O) groups is 2. The van der Waals surface area contributed by atoms with Crippen molar-refractivity contribution in [3.8, 4) is 0 Å². The fourth-order valence-corrected chi connectivity index (χ4v) is 7.12. The molecule has 6 heteroatoms. The van der Waals surface area contributed by atoms with E-state index in [1.807, 2.05) is 60.7 Å². The Kier molecular flexibility index (Phi) is 7.20. The lowest BCUT2D eigenvalue weighted by Gasteiger charge is -2.24. The van der Waals surface area contributed by atoms with Gasteiger partial charge in [-0.2, -0.15) is 0 Å². The van der Waals surface area contributed by atoms with Crippen LogP contribution in [0.3, 0.4) is 0 Å². The van der Waals surface area contributed by atoms with Crippen molar-refractivity contribution >= 4 is 45.6 Å². The summed E-state index contributed by atoms with van der Waals surface area (Å²) in [5.74, 6) is -0.737. The number of methoxy groups -OCH3 is 1. The molecule has 0 saturated carbocycles. The minimum Gasteiger partial charge on any atom is -0.467 e. The van der Waals surface area contributed by atoms with Gasteiger partial charge in [0.05, 0.1) is 7.11 Å². The average Bonchev–Trinajstić information content (AvgIpc) is 2.79. The van der Waals surface area contributed by atoms with Gasteiger partial charge in [-0.05, 0) is 21.5 Å². The molecule has 0 spiro atoms. The molecule has 0 aliphatic rings. The topological polar surface area (TPSA) is 55.4 Å². The zero-order valence-corrected chi connectivity index (χ0v) is 18.7. The summed E-state index contributed by atoms with van der Waals surface area (Å²) in [4.78, 5) is 23.4. The lowest BCUT2D eigenvalue weighted by Crippen LogP contribution is -2.42. The van der Waals surface area contributed by atoms with Gasteiger partial charge in [0.15, 0.2) is 0 Å². The zero-order valence-electron chi connectivity index (χ0n) is 16.9. The van der Waals surface area contributed by atoms with E-state index in [9.17, 15) is 9.59 Å². The Morgan fingerprint density at radius 1 is 0.867 bits per heavy atom. The number of carbonyl (C=O) groups excluding carboxylic acids is 2. The molecule has 3 aromatic rings. The molecule has 1 amide bonds. The lowest BCUT2D eigenvalue weighted by atomic mass is 10.1. The van der Waals surface area contributed by atoms with Crippen molar-refractivity contribution < 1.29 is 14.3 Å². The third-order valence-electron chi connectivity index (χ3n) is 4.84. The van der Waals surface area contributed by atoms with Gasteiger partial charge in [-0.3, -0.25) is 4.79 Å². The Bertz CT molecular complexity index is 1010. The van der Waals surface area contributed by atoms with Crippen LogP contribution in [0.2, 0.25) is 0 Å². The zero-order chi connectivity index (χ0) is 21.6. The minimum atomic E-state index is -2.21. The maximum Gasteiger partial charge on any atom is 0.328 e. The summed E-state index contributed by atoms with van der Waals surface area (Å²) in [6, 6.07) is 25.5. The molecule has 1 unspecified atom stereocenters. The molecule has 0 fully saturated rings. The molecule has 0 radical (unpaired) electrons. The number of benzene rings is 3. The van der Waals surface area contributed by atoms with E-state index in [0.717, 1.165) is 21.5 Å². The first kappa shape index (κ1) is 21.9. The van der Waals surface area contributed by atoms with Crippen LogP contribution in [0.25, 0.3) is 0 Å². The van der Waals surface area contributed by atoms with E-state index in [-0.39, 0.29) is 5.91 Å². The van der Waals surface area contributed by atoms with Crippen LogP contribution in [-0.4, -0.2) is 25.0 Å². The number of hydrogen-bond acceptors (Lipinski definition) is 4. The summed E-state index contributed by atoms with van der Waals surface area (Å²) in [5.41, 5.74) is 0.922. The Morgan fingerprint density at radius 2 is 1.33 bits per heavy atom. The van der Waals surface area contributed by atoms with Gasteiger partial charge in [0.2, 0.25) is 5.91 Å². The van der Waals surface area contributed by atoms with Gasteiger partial charge >= 0.3 is 5.97 Å². The van der Waals surface area contributed by atoms with Gasteiger partial charge in [-0.25, -0.2) is 4.79 Å². The Morgan fingerprint density at radius 3 is 1.77 bits per heavy atom. The molecular weight excluding hydrogens is 413 g/mol. The summed E-state index contributed by atoms with van der Waals surface area (Å²) in [6.07, 6.45) is 0.353. The second-order valence-electron chi connectivity index (χ2n) is 6.93. The van der Waals surface area contributed by atoms with Gasteiger partial charge in [0, 0.05) is 19.4 Å². The number of amides is 1. The first-order chi connectivity index (χ1) is 14.4. The van der Waals surface area contributed by atoms with Crippen LogP contribution < -0.4 is 21.2 Å². The Labute approximate surface area is 182 Å². The Balaban J connectivity index is 1.97. The highest BCUT2D eigenvalue weighted by atomic mass is 32.4. The quantitative estimate of drug-likeness (QED) is 0.456. The normalized spacial score (nSPS) is 12.1. The van der Waals surface area contributed by atoms with E-state index in [1.54, 1.807) is 0 Å². The maximum absolute atomic E-state index is 12.0. The molecule has 1 atom stereocenters. The molecule has 4 nitrogen and oxygen atoms in total. The van der Waals surface area contributed by atoms with Crippen LogP contribution in [0.5, 0.6) is 0 Å². The van der Waals surface area contributed by atoms with Gasteiger partial charge in [-0.15, -0.1) is 0 Å². The summed E-state index contributed by atoms with van der Waals surface area (Å²) in [5, 5.41) is 5.98. The molecule has 30 heavy (non-hydrogen) atoms. The minimum absolute atomic E-state index is 0.273. The van der Waals surface area contributed by atoms with Crippen molar-refractivity contribution in [1.82, 2.24) is 5.32 Å². The number of hydrogen-bond donors (Lipinski definition) is 1. The van der Waals surface area contributed by atoms with Crippen LogP contribution in [-0.2, 0) is 32.6 Å². The van der Waals surface area contributed by atoms with Crippen LogP contribution >= 0.6 is 6.04 Å². The third kappa shape index (κ3) is 4.86. The smallest absolute Gasteiger partial charge is 0.328 e.